The molecule has 1 aromatic carbocycles. The van der Waals surface area contributed by atoms with Crippen LogP contribution in [0.4, 0.5) is 5.69 Å². The molecule has 1 aromatic heterocycles. The molecule has 0 aliphatic carbocycles. The highest BCUT2D eigenvalue weighted by molar-refractivity contribution is 5.79. The largest absolute Gasteiger partial charge is 0.372 e. The third-order valence-corrected chi connectivity index (χ3v) is 3.85. The lowest BCUT2D eigenvalue weighted by atomic mass is 10.2. The van der Waals surface area contributed by atoms with Crippen LogP contribution in [0, 0.1) is 0 Å². The summed E-state index contributed by atoms with van der Waals surface area (Å²) >= 11 is 0. The maximum absolute atomic E-state index is 4.26. The second-order valence-electron chi connectivity index (χ2n) is 5.50. The average Bonchev–Trinajstić information content (AvgIpc) is 3.14. The number of anilines is 1. The molecule has 6 nitrogen and oxygen atoms in total. The van der Waals surface area contributed by atoms with Gasteiger partial charge in [-0.1, -0.05) is 18.2 Å². The Hall–Kier alpha value is -2.50. The van der Waals surface area contributed by atoms with Crippen molar-refractivity contribution in [2.75, 3.05) is 38.1 Å². The molecule has 6 heteroatoms. The minimum atomic E-state index is 0.821. The van der Waals surface area contributed by atoms with Crippen LogP contribution in [-0.2, 0) is 6.54 Å². The van der Waals surface area contributed by atoms with Crippen molar-refractivity contribution in [1.29, 1.82) is 0 Å². The highest BCUT2D eigenvalue weighted by Crippen LogP contribution is 2.12. The second-order valence-corrected chi connectivity index (χ2v) is 5.50. The van der Waals surface area contributed by atoms with Crippen molar-refractivity contribution in [2.24, 2.45) is 4.99 Å². The zero-order chi connectivity index (χ0) is 17.0. The van der Waals surface area contributed by atoms with Crippen molar-refractivity contribution >= 4 is 11.6 Å². The summed E-state index contributed by atoms with van der Waals surface area (Å²) in [5.74, 6) is 0.845. The Labute approximate surface area is 144 Å². The lowest BCUT2D eigenvalue weighted by molar-refractivity contribution is 0.655. The summed E-state index contributed by atoms with van der Waals surface area (Å²) in [5, 5.41) is 6.69. The minimum Gasteiger partial charge on any atom is -0.372 e. The maximum Gasteiger partial charge on any atom is 0.191 e. The molecule has 0 spiro atoms. The molecule has 2 aromatic rings. The molecule has 0 atom stereocenters. The number of benzene rings is 1. The highest BCUT2D eigenvalue weighted by atomic mass is 15.2. The Balaban J connectivity index is 1.64. The van der Waals surface area contributed by atoms with Crippen molar-refractivity contribution in [3.05, 3.63) is 49.1 Å². The predicted octanol–water partition coefficient (Wildman–Crippen LogP) is 1.96. The zero-order valence-corrected chi connectivity index (χ0v) is 14.7. The van der Waals surface area contributed by atoms with Crippen molar-refractivity contribution in [2.45, 2.75) is 19.9 Å². The molecule has 1 heterocycles. The average molecular weight is 328 g/mol. The molecular formula is C18H28N6. The Morgan fingerprint density at radius 3 is 2.67 bits per heavy atom. The fraction of sp³-hybridized carbons (Fsp3) is 0.444. The van der Waals surface area contributed by atoms with E-state index in [4.69, 9.17) is 0 Å². The molecule has 0 saturated heterocycles. The minimum absolute atomic E-state index is 0.821. The molecule has 0 unspecified atom stereocenters. The van der Waals surface area contributed by atoms with Crippen molar-refractivity contribution < 1.29 is 0 Å². The van der Waals surface area contributed by atoms with E-state index in [1.807, 2.05) is 17.1 Å². The quantitative estimate of drug-likeness (QED) is 0.420. The summed E-state index contributed by atoms with van der Waals surface area (Å²) in [4.78, 5) is 10.7. The fourth-order valence-corrected chi connectivity index (χ4v) is 2.53. The number of guanidine groups is 1. The van der Waals surface area contributed by atoms with Gasteiger partial charge in [0.1, 0.15) is 0 Å². The number of hydrogen-bond acceptors (Lipinski definition) is 3. The van der Waals surface area contributed by atoms with Gasteiger partial charge in [0.2, 0.25) is 0 Å². The number of aliphatic imine (C=N–C) groups is 1. The second kappa shape index (κ2) is 10.3. The van der Waals surface area contributed by atoms with E-state index in [2.05, 4.69) is 62.8 Å². The van der Waals surface area contributed by atoms with E-state index in [1.54, 1.807) is 13.2 Å². The summed E-state index contributed by atoms with van der Waals surface area (Å²) in [6, 6.07) is 10.5. The monoisotopic (exact) mass is 328 g/mol. The number of nitrogens with one attached hydrogen (secondary N) is 2. The molecule has 130 valence electrons. The van der Waals surface area contributed by atoms with Crippen LogP contribution < -0.4 is 15.5 Å². The number of rotatable bonds is 9. The number of aromatic nitrogens is 2. The maximum atomic E-state index is 4.26. The zero-order valence-electron chi connectivity index (χ0n) is 14.7. The van der Waals surface area contributed by atoms with Crippen LogP contribution in [0.5, 0.6) is 0 Å². The van der Waals surface area contributed by atoms with Crippen LogP contribution >= 0.6 is 0 Å². The van der Waals surface area contributed by atoms with Gasteiger partial charge in [-0.15, -0.1) is 0 Å². The van der Waals surface area contributed by atoms with Crippen LogP contribution in [0.2, 0.25) is 0 Å². The van der Waals surface area contributed by atoms with Gasteiger partial charge in [0.25, 0.3) is 0 Å². The molecule has 2 rings (SSSR count). The number of nitrogens with zero attached hydrogens (tertiary/aromatic N) is 4. The van der Waals surface area contributed by atoms with Crippen LogP contribution in [0.3, 0.4) is 0 Å². The molecule has 24 heavy (non-hydrogen) atoms. The van der Waals surface area contributed by atoms with E-state index in [1.165, 1.54) is 5.69 Å². The van der Waals surface area contributed by atoms with Gasteiger partial charge in [0, 0.05) is 57.9 Å². The standard InChI is InChI=1S/C18H28N6/c1-3-24(17-8-5-4-6-9-17)13-7-10-21-18(19-2)22-12-15-23-14-11-20-16-23/h4-6,8-9,11,14,16H,3,7,10,12-13,15H2,1-2H3,(H2,19,21,22). The molecule has 0 fully saturated rings. The SMILES string of the molecule is CCN(CCCNC(=NC)NCCn1ccnc1)c1ccccc1. The smallest absolute Gasteiger partial charge is 0.191 e. The molecular weight excluding hydrogens is 300 g/mol. The third-order valence-electron chi connectivity index (χ3n) is 3.85. The van der Waals surface area contributed by atoms with Crippen molar-refractivity contribution in [3.8, 4) is 0 Å². The van der Waals surface area contributed by atoms with Gasteiger partial charge >= 0.3 is 0 Å². The van der Waals surface area contributed by atoms with E-state index in [-0.39, 0.29) is 0 Å². The first-order valence-electron chi connectivity index (χ1n) is 8.53. The molecule has 0 aliphatic rings. The van der Waals surface area contributed by atoms with Gasteiger partial charge < -0.3 is 20.1 Å². The van der Waals surface area contributed by atoms with Crippen LogP contribution in [0.25, 0.3) is 0 Å². The van der Waals surface area contributed by atoms with Gasteiger partial charge in [-0.25, -0.2) is 4.98 Å². The normalized spacial score (nSPS) is 11.3. The summed E-state index contributed by atoms with van der Waals surface area (Å²) in [7, 11) is 1.80. The van der Waals surface area contributed by atoms with Gasteiger partial charge in [0.15, 0.2) is 5.96 Å². The molecule has 0 radical (unpaired) electrons. The number of para-hydroxylation sites is 1. The lowest BCUT2D eigenvalue weighted by Crippen LogP contribution is -2.40. The summed E-state index contributed by atoms with van der Waals surface area (Å²) in [6.07, 6.45) is 6.63. The predicted molar refractivity (Wildman–Crippen MR) is 101 cm³/mol. The van der Waals surface area contributed by atoms with Crippen molar-refractivity contribution in [1.82, 2.24) is 20.2 Å². The van der Waals surface area contributed by atoms with E-state index in [0.717, 1.165) is 45.1 Å². The Kier molecular flexibility index (Phi) is 7.67. The highest BCUT2D eigenvalue weighted by Gasteiger charge is 2.03. The fourth-order valence-electron chi connectivity index (χ4n) is 2.53. The van der Waals surface area contributed by atoms with Crippen LogP contribution in [-0.4, -0.2) is 48.7 Å². The molecule has 0 saturated carbocycles. The number of imidazole rings is 1. The third kappa shape index (κ3) is 5.95. The Bertz CT molecular complexity index is 579. The molecule has 0 amide bonds. The summed E-state index contributed by atoms with van der Waals surface area (Å²) in [5.41, 5.74) is 1.28. The van der Waals surface area contributed by atoms with E-state index in [9.17, 15) is 0 Å². The topological polar surface area (TPSA) is 57.5 Å². The summed E-state index contributed by atoms with van der Waals surface area (Å²) < 4.78 is 2.04. The van der Waals surface area contributed by atoms with E-state index < -0.39 is 0 Å². The number of hydrogen-bond donors (Lipinski definition) is 2. The first kappa shape index (κ1) is 17.8. The summed E-state index contributed by atoms with van der Waals surface area (Å²) in [6.45, 7) is 6.83. The first-order chi connectivity index (χ1) is 11.8. The van der Waals surface area contributed by atoms with Gasteiger partial charge in [-0.05, 0) is 25.5 Å². The Morgan fingerprint density at radius 1 is 1.21 bits per heavy atom. The van der Waals surface area contributed by atoms with E-state index in [0.29, 0.717) is 0 Å². The van der Waals surface area contributed by atoms with E-state index >= 15 is 0 Å². The molecule has 2 N–H and O–H groups in total. The van der Waals surface area contributed by atoms with Gasteiger partial charge in [-0.2, -0.15) is 0 Å². The molecule has 0 bridgehead atoms. The first-order valence-corrected chi connectivity index (χ1v) is 8.53. The van der Waals surface area contributed by atoms with Gasteiger partial charge in [0.05, 0.1) is 6.33 Å². The van der Waals surface area contributed by atoms with Crippen LogP contribution in [0.1, 0.15) is 13.3 Å². The van der Waals surface area contributed by atoms with Crippen LogP contribution in [0.15, 0.2) is 54.0 Å². The van der Waals surface area contributed by atoms with Gasteiger partial charge in [-0.3, -0.25) is 4.99 Å². The molecule has 0 aliphatic heterocycles. The lowest BCUT2D eigenvalue weighted by Gasteiger charge is -2.23. The van der Waals surface area contributed by atoms with Crippen molar-refractivity contribution in [3.63, 3.8) is 0 Å². The Morgan fingerprint density at radius 2 is 2.00 bits per heavy atom.